The summed E-state index contributed by atoms with van der Waals surface area (Å²) >= 11 is 0. The molecule has 0 unspecified atom stereocenters. The molecule has 0 saturated heterocycles. The number of hydrogen-bond acceptors (Lipinski definition) is 3. The number of aryl methyl sites for hydroxylation is 1. The Labute approximate surface area is 88.5 Å². The van der Waals surface area contributed by atoms with Gasteiger partial charge in [0.05, 0.1) is 16.8 Å². The average Bonchev–Trinajstić information content (AvgIpc) is 2.57. The standard InChI is InChI=1S/C10H11N2O2S/c1-15(13,14)7-6-12-8-11-9-4-2-3-5-10(9)12/h2-5H,6-7H2,1H3. The highest BCUT2D eigenvalue weighted by molar-refractivity contribution is 7.90. The summed E-state index contributed by atoms with van der Waals surface area (Å²) in [5.41, 5.74) is 1.76. The molecular weight excluding hydrogens is 212 g/mol. The minimum Gasteiger partial charge on any atom is -0.320 e. The monoisotopic (exact) mass is 223 g/mol. The van der Waals surface area contributed by atoms with Gasteiger partial charge in [-0.3, -0.25) is 0 Å². The van der Waals surface area contributed by atoms with Crippen LogP contribution in [0.5, 0.6) is 0 Å². The van der Waals surface area contributed by atoms with Crippen LogP contribution in [-0.2, 0) is 16.4 Å². The second-order valence-corrected chi connectivity index (χ2v) is 5.74. The van der Waals surface area contributed by atoms with Crippen LogP contribution in [0.2, 0.25) is 0 Å². The van der Waals surface area contributed by atoms with Gasteiger partial charge in [0, 0.05) is 12.8 Å². The topological polar surface area (TPSA) is 52.0 Å². The van der Waals surface area contributed by atoms with Crippen molar-refractivity contribution in [3.05, 3.63) is 30.6 Å². The number of hydrogen-bond donors (Lipinski definition) is 0. The molecule has 1 radical (unpaired) electrons. The third kappa shape index (κ3) is 2.36. The summed E-state index contributed by atoms with van der Waals surface area (Å²) in [6.45, 7) is 0.402. The molecule has 15 heavy (non-hydrogen) atoms. The van der Waals surface area contributed by atoms with Crippen LogP contribution >= 0.6 is 0 Å². The molecule has 1 heterocycles. The van der Waals surface area contributed by atoms with Crippen LogP contribution < -0.4 is 0 Å². The zero-order valence-corrected chi connectivity index (χ0v) is 9.16. The maximum Gasteiger partial charge on any atom is 0.177 e. The smallest absolute Gasteiger partial charge is 0.177 e. The van der Waals surface area contributed by atoms with E-state index in [-0.39, 0.29) is 5.75 Å². The van der Waals surface area contributed by atoms with E-state index in [0.29, 0.717) is 6.54 Å². The first-order chi connectivity index (χ1) is 7.06. The van der Waals surface area contributed by atoms with Gasteiger partial charge in [0.15, 0.2) is 6.33 Å². The summed E-state index contributed by atoms with van der Waals surface area (Å²) in [4.78, 5) is 4.06. The molecule has 0 fully saturated rings. The highest BCUT2D eigenvalue weighted by Crippen LogP contribution is 2.11. The lowest BCUT2D eigenvalue weighted by molar-refractivity contribution is 0.595. The van der Waals surface area contributed by atoms with E-state index in [9.17, 15) is 8.42 Å². The minimum absolute atomic E-state index is 0.115. The number of fused-ring (bicyclic) bond motifs is 1. The van der Waals surface area contributed by atoms with E-state index in [2.05, 4.69) is 11.3 Å². The van der Waals surface area contributed by atoms with Crippen LogP contribution in [0.15, 0.2) is 24.3 Å². The molecule has 0 aliphatic heterocycles. The quantitative estimate of drug-likeness (QED) is 0.776. The number of benzene rings is 1. The van der Waals surface area contributed by atoms with Gasteiger partial charge in [0.1, 0.15) is 9.84 Å². The number of aromatic nitrogens is 2. The van der Waals surface area contributed by atoms with Gasteiger partial charge in [-0.05, 0) is 12.1 Å². The van der Waals surface area contributed by atoms with Gasteiger partial charge in [-0.15, -0.1) is 0 Å². The van der Waals surface area contributed by atoms with Crippen molar-refractivity contribution in [3.8, 4) is 0 Å². The fraction of sp³-hybridized carbons (Fsp3) is 0.300. The molecule has 5 heteroatoms. The van der Waals surface area contributed by atoms with Gasteiger partial charge in [0.2, 0.25) is 0 Å². The van der Waals surface area contributed by atoms with Gasteiger partial charge >= 0.3 is 0 Å². The molecule has 1 aromatic heterocycles. The van der Waals surface area contributed by atoms with Gasteiger partial charge in [-0.1, -0.05) is 12.1 Å². The zero-order chi connectivity index (χ0) is 10.9. The Kier molecular flexibility index (Phi) is 2.48. The first-order valence-electron chi connectivity index (χ1n) is 4.57. The van der Waals surface area contributed by atoms with E-state index in [4.69, 9.17) is 0 Å². The first kappa shape index (κ1) is 10.2. The van der Waals surface area contributed by atoms with Crippen molar-refractivity contribution < 1.29 is 8.42 Å². The van der Waals surface area contributed by atoms with Gasteiger partial charge in [0.25, 0.3) is 0 Å². The summed E-state index contributed by atoms with van der Waals surface area (Å²) in [6, 6.07) is 7.57. The summed E-state index contributed by atoms with van der Waals surface area (Å²) < 4.78 is 23.8. The lowest BCUT2D eigenvalue weighted by atomic mass is 10.3. The zero-order valence-electron chi connectivity index (χ0n) is 8.34. The molecule has 0 aliphatic carbocycles. The Morgan fingerprint density at radius 3 is 2.87 bits per heavy atom. The molecule has 0 spiro atoms. The first-order valence-corrected chi connectivity index (χ1v) is 6.63. The summed E-state index contributed by atoms with van der Waals surface area (Å²) in [5.74, 6) is 0.115. The lowest BCUT2D eigenvalue weighted by Crippen LogP contribution is -2.10. The second-order valence-electron chi connectivity index (χ2n) is 3.48. The molecule has 79 valence electrons. The number of rotatable bonds is 3. The molecule has 2 aromatic rings. The van der Waals surface area contributed by atoms with E-state index in [1.165, 1.54) is 6.26 Å². The van der Waals surface area contributed by atoms with Crippen molar-refractivity contribution in [1.29, 1.82) is 0 Å². The highest BCUT2D eigenvalue weighted by Gasteiger charge is 2.06. The Morgan fingerprint density at radius 1 is 1.40 bits per heavy atom. The third-order valence-corrected chi connectivity index (χ3v) is 3.07. The molecular formula is C10H11N2O2S. The van der Waals surface area contributed by atoms with Gasteiger partial charge in [-0.2, -0.15) is 0 Å². The molecule has 1 aromatic carbocycles. The third-order valence-electron chi connectivity index (χ3n) is 2.15. The molecule has 2 rings (SSSR count). The fourth-order valence-corrected chi connectivity index (χ4v) is 1.90. The lowest BCUT2D eigenvalue weighted by Gasteiger charge is -2.01. The largest absolute Gasteiger partial charge is 0.320 e. The highest BCUT2D eigenvalue weighted by atomic mass is 32.2. The Hall–Kier alpha value is -1.36. The second kappa shape index (κ2) is 3.66. The maximum atomic E-state index is 11.0. The van der Waals surface area contributed by atoms with Crippen LogP contribution in [0.4, 0.5) is 0 Å². The van der Waals surface area contributed by atoms with Crippen molar-refractivity contribution in [2.45, 2.75) is 6.54 Å². The minimum atomic E-state index is -2.94. The molecule has 4 nitrogen and oxygen atoms in total. The summed E-state index contributed by atoms with van der Waals surface area (Å²) in [7, 11) is -2.94. The SMILES string of the molecule is CS(=O)(=O)CCn1[c]nc2ccccc21. The van der Waals surface area contributed by atoms with Crippen LogP contribution in [-0.4, -0.2) is 30.0 Å². The van der Waals surface area contributed by atoms with E-state index in [1.54, 1.807) is 4.57 Å². The van der Waals surface area contributed by atoms with Crippen LogP contribution in [0, 0.1) is 6.33 Å². The predicted molar refractivity (Wildman–Crippen MR) is 58.3 cm³/mol. The van der Waals surface area contributed by atoms with Crippen molar-refractivity contribution >= 4 is 20.9 Å². The number of para-hydroxylation sites is 2. The molecule has 0 N–H and O–H groups in total. The Bertz CT molecular complexity index is 572. The molecule has 0 saturated carbocycles. The van der Waals surface area contributed by atoms with Crippen molar-refractivity contribution in [3.63, 3.8) is 0 Å². The van der Waals surface area contributed by atoms with Gasteiger partial charge < -0.3 is 4.57 Å². The summed E-state index contributed by atoms with van der Waals surface area (Å²) in [6.07, 6.45) is 4.02. The molecule has 0 atom stereocenters. The number of nitrogens with zero attached hydrogens (tertiary/aromatic N) is 2. The average molecular weight is 223 g/mol. The van der Waals surface area contributed by atoms with Crippen molar-refractivity contribution in [2.75, 3.05) is 12.0 Å². The van der Waals surface area contributed by atoms with Crippen molar-refractivity contribution in [2.24, 2.45) is 0 Å². The van der Waals surface area contributed by atoms with Gasteiger partial charge in [-0.25, -0.2) is 13.4 Å². The molecule has 0 aliphatic rings. The van der Waals surface area contributed by atoms with E-state index in [0.717, 1.165) is 11.0 Å². The van der Waals surface area contributed by atoms with Crippen LogP contribution in [0.1, 0.15) is 0 Å². The number of sulfone groups is 1. The van der Waals surface area contributed by atoms with Crippen LogP contribution in [0.3, 0.4) is 0 Å². The molecule has 0 amide bonds. The summed E-state index contributed by atoms with van der Waals surface area (Å²) in [5, 5.41) is 0. The van der Waals surface area contributed by atoms with Crippen molar-refractivity contribution in [1.82, 2.24) is 9.55 Å². The van der Waals surface area contributed by atoms with E-state index >= 15 is 0 Å². The predicted octanol–water partition coefficient (Wildman–Crippen LogP) is 0.881. The van der Waals surface area contributed by atoms with E-state index in [1.807, 2.05) is 24.3 Å². The normalized spacial score (nSPS) is 12.1. The molecule has 0 bridgehead atoms. The van der Waals surface area contributed by atoms with E-state index < -0.39 is 9.84 Å². The number of imidazole rings is 1. The Balaban J connectivity index is 2.29. The fourth-order valence-electron chi connectivity index (χ4n) is 1.38. The van der Waals surface area contributed by atoms with Crippen LogP contribution in [0.25, 0.3) is 11.0 Å². The maximum absolute atomic E-state index is 11.0. The Morgan fingerprint density at radius 2 is 2.13 bits per heavy atom.